The summed E-state index contributed by atoms with van der Waals surface area (Å²) in [5.41, 5.74) is 0. The Morgan fingerprint density at radius 1 is 0.195 bits per heavy atom. The fourth-order valence-electron chi connectivity index (χ4n) is 6.43. The molecule has 0 aliphatic carbocycles. The zero-order valence-electron chi connectivity index (χ0n) is 29.4. The maximum absolute atomic E-state index is 2.31. The van der Waals surface area contributed by atoms with E-state index in [0.29, 0.717) is 0 Å². The van der Waals surface area contributed by atoms with Gasteiger partial charge in [-0.3, -0.25) is 0 Å². The summed E-state index contributed by atoms with van der Waals surface area (Å²) in [6.45, 7) is 4.62. The van der Waals surface area contributed by atoms with Gasteiger partial charge in [-0.05, 0) is 0 Å². The SMILES string of the molecule is CCCCCCCCCCCCCCCCCCC[CH2][Sn][CH2]CCCCCCCCCCCCCCCCCCC. The zero-order valence-corrected chi connectivity index (χ0v) is 32.2. The van der Waals surface area contributed by atoms with Crippen LogP contribution < -0.4 is 0 Å². The first-order valence-electron chi connectivity index (χ1n) is 20.1. The summed E-state index contributed by atoms with van der Waals surface area (Å²) >= 11 is 0.00387. The number of hydrogen-bond acceptors (Lipinski definition) is 0. The van der Waals surface area contributed by atoms with E-state index in [4.69, 9.17) is 0 Å². The van der Waals surface area contributed by atoms with E-state index in [1.807, 2.05) is 0 Å². The van der Waals surface area contributed by atoms with E-state index < -0.39 is 0 Å². The van der Waals surface area contributed by atoms with Crippen LogP contribution in [0, 0.1) is 0 Å². The Bertz CT molecular complexity index is 381. The van der Waals surface area contributed by atoms with Crippen LogP contribution in [0.5, 0.6) is 0 Å². The topological polar surface area (TPSA) is 0 Å². The van der Waals surface area contributed by atoms with Crippen molar-refractivity contribution in [1.29, 1.82) is 0 Å². The molecular formula is C40H82Sn. The van der Waals surface area contributed by atoms with Gasteiger partial charge < -0.3 is 0 Å². The summed E-state index contributed by atoms with van der Waals surface area (Å²) in [5.74, 6) is 0. The summed E-state index contributed by atoms with van der Waals surface area (Å²) < 4.78 is 3.34. The summed E-state index contributed by atoms with van der Waals surface area (Å²) in [6.07, 6.45) is 53.9. The van der Waals surface area contributed by atoms with Gasteiger partial charge in [0, 0.05) is 0 Å². The van der Waals surface area contributed by atoms with Crippen molar-refractivity contribution in [2.45, 2.75) is 254 Å². The Kier molecular flexibility index (Phi) is 41.6. The van der Waals surface area contributed by atoms with E-state index in [2.05, 4.69) is 13.8 Å². The summed E-state index contributed by atoms with van der Waals surface area (Å²) in [6, 6.07) is 0. The van der Waals surface area contributed by atoms with Gasteiger partial charge in [0.1, 0.15) is 0 Å². The monoisotopic (exact) mass is 683 g/mol. The van der Waals surface area contributed by atoms with Crippen LogP contribution in [0.3, 0.4) is 0 Å². The van der Waals surface area contributed by atoms with E-state index in [0.717, 1.165) is 0 Å². The van der Waals surface area contributed by atoms with Crippen molar-refractivity contribution in [3.8, 4) is 0 Å². The summed E-state index contributed by atoms with van der Waals surface area (Å²) in [7, 11) is 0. The second-order valence-corrected chi connectivity index (χ2v) is 18.1. The van der Waals surface area contributed by atoms with Gasteiger partial charge in [0.05, 0.1) is 0 Å². The average molecular weight is 682 g/mol. The Morgan fingerprint density at radius 2 is 0.341 bits per heavy atom. The first kappa shape index (κ1) is 41.8. The molecule has 41 heavy (non-hydrogen) atoms. The molecule has 0 rings (SSSR count). The molecule has 0 fully saturated rings. The molecule has 2 radical (unpaired) electrons. The van der Waals surface area contributed by atoms with Crippen molar-refractivity contribution >= 4 is 21.1 Å². The van der Waals surface area contributed by atoms with Crippen molar-refractivity contribution < 1.29 is 0 Å². The number of unbranched alkanes of at least 4 members (excludes halogenated alkanes) is 34. The first-order valence-corrected chi connectivity index (χ1v) is 24.2. The van der Waals surface area contributed by atoms with Crippen LogP contribution in [0.2, 0.25) is 8.87 Å². The minimum Gasteiger partial charge on any atom is -0.0654 e. The minimum absolute atomic E-state index is 0.00387. The number of hydrogen-bond donors (Lipinski definition) is 0. The van der Waals surface area contributed by atoms with Crippen molar-refractivity contribution in [2.75, 3.05) is 0 Å². The number of rotatable bonds is 38. The standard InChI is InChI=1S/2C20H41.Sn/c2*1-3-5-7-9-11-13-15-17-19-20-18-16-14-12-10-8-6-4-2;/h2*1,3-20H2,2H3;. The molecule has 246 valence electrons. The second kappa shape index (κ2) is 40.8. The molecule has 0 heterocycles. The quantitative estimate of drug-likeness (QED) is 0.0449. The van der Waals surface area contributed by atoms with E-state index in [1.54, 1.807) is 34.6 Å². The molecule has 0 unspecified atom stereocenters. The smallest absolute Gasteiger partial charge is 0.0654 e. The molecule has 0 N–H and O–H groups in total. The van der Waals surface area contributed by atoms with Crippen LogP contribution in [0.1, 0.15) is 245 Å². The van der Waals surface area contributed by atoms with Crippen LogP contribution >= 0.6 is 0 Å². The van der Waals surface area contributed by atoms with Crippen LogP contribution in [0.4, 0.5) is 0 Å². The van der Waals surface area contributed by atoms with Gasteiger partial charge in [0.25, 0.3) is 0 Å². The van der Waals surface area contributed by atoms with E-state index >= 15 is 0 Å². The van der Waals surface area contributed by atoms with Crippen molar-refractivity contribution in [1.82, 2.24) is 0 Å². The fraction of sp³-hybridized carbons (Fsp3) is 1.00. The molecule has 0 aromatic heterocycles. The molecule has 0 aliphatic rings. The predicted molar refractivity (Wildman–Crippen MR) is 193 cm³/mol. The van der Waals surface area contributed by atoms with Crippen LogP contribution in [0.15, 0.2) is 0 Å². The van der Waals surface area contributed by atoms with Crippen molar-refractivity contribution in [2.24, 2.45) is 0 Å². The van der Waals surface area contributed by atoms with Gasteiger partial charge >= 0.3 is 171 Å². The van der Waals surface area contributed by atoms with Crippen molar-refractivity contribution in [3.63, 3.8) is 0 Å². The molecule has 0 atom stereocenters. The van der Waals surface area contributed by atoms with Gasteiger partial charge in [0.2, 0.25) is 0 Å². The molecule has 0 aromatic carbocycles. The molecule has 0 saturated heterocycles. The molecule has 0 aromatic rings. The van der Waals surface area contributed by atoms with Crippen molar-refractivity contribution in [3.05, 3.63) is 0 Å². The Labute approximate surface area is 273 Å². The van der Waals surface area contributed by atoms with Gasteiger partial charge in [-0.15, -0.1) is 0 Å². The molecule has 1 heteroatoms. The molecule has 0 aliphatic heterocycles. The molecule has 0 bridgehead atoms. The molecule has 0 amide bonds. The van der Waals surface area contributed by atoms with Gasteiger partial charge in [-0.25, -0.2) is 0 Å². The van der Waals surface area contributed by atoms with Crippen LogP contribution in [0.25, 0.3) is 0 Å². The van der Waals surface area contributed by atoms with E-state index in [1.165, 1.54) is 205 Å². The van der Waals surface area contributed by atoms with E-state index in [-0.39, 0.29) is 21.1 Å². The predicted octanol–water partition coefficient (Wildman–Crippen LogP) is 15.6. The zero-order chi connectivity index (χ0) is 29.6. The molecule has 0 nitrogen and oxygen atoms in total. The van der Waals surface area contributed by atoms with Crippen LogP contribution in [-0.4, -0.2) is 21.1 Å². The van der Waals surface area contributed by atoms with Gasteiger partial charge in [0.15, 0.2) is 0 Å². The normalized spacial score (nSPS) is 11.6. The Hall–Kier alpha value is 0.799. The third-order valence-corrected chi connectivity index (χ3v) is 13.5. The average Bonchev–Trinajstić information content (AvgIpc) is 2.98. The van der Waals surface area contributed by atoms with Gasteiger partial charge in [-0.1, -0.05) is 104 Å². The Balaban J connectivity index is 3.02. The first-order chi connectivity index (χ1) is 20.4. The molecule has 0 spiro atoms. The third-order valence-electron chi connectivity index (χ3n) is 9.41. The van der Waals surface area contributed by atoms with Crippen LogP contribution in [-0.2, 0) is 0 Å². The molecule has 0 saturated carbocycles. The summed E-state index contributed by atoms with van der Waals surface area (Å²) in [4.78, 5) is 0. The summed E-state index contributed by atoms with van der Waals surface area (Å²) in [5, 5.41) is 0. The minimum atomic E-state index is 0.00387. The molecular weight excluding hydrogens is 599 g/mol. The second-order valence-electron chi connectivity index (χ2n) is 13.8. The van der Waals surface area contributed by atoms with E-state index in [9.17, 15) is 0 Å². The Morgan fingerprint density at radius 3 is 0.512 bits per heavy atom. The fourth-order valence-corrected chi connectivity index (χ4v) is 10.00. The van der Waals surface area contributed by atoms with Gasteiger partial charge in [-0.2, -0.15) is 0 Å². The third kappa shape index (κ3) is 40.8. The maximum atomic E-state index is 2.31.